The van der Waals surface area contributed by atoms with Crippen molar-refractivity contribution < 1.29 is 13.5 Å². The van der Waals surface area contributed by atoms with Crippen LogP contribution in [0.25, 0.3) is 0 Å². The first-order chi connectivity index (χ1) is 15.1. The molecule has 168 valence electrons. The molecule has 2 aromatic carbocycles. The third-order valence-electron chi connectivity index (χ3n) is 6.34. The van der Waals surface area contributed by atoms with Crippen LogP contribution in [0.1, 0.15) is 81.4 Å². The Morgan fingerprint density at radius 3 is 2.29 bits per heavy atom. The summed E-state index contributed by atoms with van der Waals surface area (Å²) in [5.74, 6) is -0.355. The van der Waals surface area contributed by atoms with Crippen LogP contribution in [0.4, 0.5) is 8.78 Å². The molecule has 1 aliphatic carbocycles. The van der Waals surface area contributed by atoms with Crippen LogP contribution in [0.2, 0.25) is 0 Å². The lowest BCUT2D eigenvalue weighted by molar-refractivity contribution is 0.294. The molecule has 0 atom stereocenters. The van der Waals surface area contributed by atoms with Gasteiger partial charge in [0.05, 0.1) is 6.61 Å². The molecule has 1 fully saturated rings. The number of allylic oxidation sites excluding steroid dienone is 2. The number of hydrogen-bond acceptors (Lipinski definition) is 1. The van der Waals surface area contributed by atoms with Crippen molar-refractivity contribution in [2.24, 2.45) is 5.92 Å². The molecule has 1 saturated carbocycles. The fourth-order valence-corrected chi connectivity index (χ4v) is 4.51. The lowest BCUT2D eigenvalue weighted by Gasteiger charge is -2.27. The van der Waals surface area contributed by atoms with E-state index in [4.69, 9.17) is 4.74 Å². The van der Waals surface area contributed by atoms with Crippen LogP contribution in [0.3, 0.4) is 0 Å². The molecule has 0 radical (unpaired) electrons. The van der Waals surface area contributed by atoms with Crippen molar-refractivity contribution in [2.45, 2.75) is 77.6 Å². The molecule has 31 heavy (non-hydrogen) atoms. The number of ether oxygens (including phenoxy) is 1. The van der Waals surface area contributed by atoms with Gasteiger partial charge in [0.15, 0.2) is 11.6 Å². The first-order valence-electron chi connectivity index (χ1n) is 12.0. The maximum absolute atomic E-state index is 14.3. The SMILES string of the molecule is CCCOc1ccc(CC/C=C/C2CCC(c3ccc(CCC)cc3)CC2)c(F)c1F. The molecule has 1 nitrogen and oxygen atoms in total. The molecule has 3 heteroatoms. The molecule has 0 aromatic heterocycles. The van der Waals surface area contributed by atoms with Gasteiger partial charge in [-0.2, -0.15) is 4.39 Å². The standard InChI is InChI=1S/C28H36F2O/c1-3-7-21-10-14-23(15-11-21)24-16-12-22(13-17-24)8-5-6-9-25-18-19-26(31-20-4-2)28(30)27(25)29/h5,8,10-11,14-15,18-19,22,24H,3-4,6-7,9,12-13,16-17,20H2,1-2H3/b8-5+. The molecule has 3 rings (SSSR count). The monoisotopic (exact) mass is 426 g/mol. The highest BCUT2D eigenvalue weighted by Crippen LogP contribution is 2.36. The minimum atomic E-state index is -0.865. The smallest absolute Gasteiger partial charge is 0.200 e. The Bertz CT molecular complexity index is 833. The first kappa shape index (κ1) is 23.5. The summed E-state index contributed by atoms with van der Waals surface area (Å²) in [6.45, 7) is 4.55. The van der Waals surface area contributed by atoms with Crippen molar-refractivity contribution in [3.8, 4) is 5.75 Å². The Morgan fingerprint density at radius 2 is 1.61 bits per heavy atom. The van der Waals surface area contributed by atoms with E-state index in [-0.39, 0.29) is 5.75 Å². The van der Waals surface area contributed by atoms with E-state index in [0.29, 0.717) is 30.4 Å². The average Bonchev–Trinajstić information content (AvgIpc) is 2.80. The molecular weight excluding hydrogens is 390 g/mol. The van der Waals surface area contributed by atoms with Crippen LogP contribution in [-0.2, 0) is 12.8 Å². The van der Waals surface area contributed by atoms with Crippen LogP contribution in [0.15, 0.2) is 48.6 Å². The quantitative estimate of drug-likeness (QED) is 0.348. The summed E-state index contributed by atoms with van der Waals surface area (Å²) in [4.78, 5) is 0. The van der Waals surface area contributed by atoms with Gasteiger partial charge in [-0.25, -0.2) is 4.39 Å². The van der Waals surface area contributed by atoms with Gasteiger partial charge in [-0.05, 0) is 86.0 Å². The van der Waals surface area contributed by atoms with Crippen molar-refractivity contribution in [1.29, 1.82) is 0 Å². The molecule has 0 amide bonds. The normalized spacial score (nSPS) is 19.1. The summed E-state index contributed by atoms with van der Waals surface area (Å²) in [7, 11) is 0. The molecule has 0 saturated heterocycles. The van der Waals surface area contributed by atoms with Gasteiger partial charge in [0, 0.05) is 0 Å². The fraction of sp³-hybridized carbons (Fsp3) is 0.500. The summed E-state index contributed by atoms with van der Waals surface area (Å²) >= 11 is 0. The van der Waals surface area contributed by atoms with E-state index in [2.05, 4.69) is 43.3 Å². The molecule has 0 bridgehead atoms. The van der Waals surface area contributed by atoms with Crippen LogP contribution >= 0.6 is 0 Å². The summed E-state index contributed by atoms with van der Waals surface area (Å²) < 4.78 is 33.6. The van der Waals surface area contributed by atoms with E-state index < -0.39 is 11.6 Å². The molecule has 0 unspecified atom stereocenters. The Hall–Kier alpha value is -2.16. The Labute approximate surface area is 186 Å². The third-order valence-corrected chi connectivity index (χ3v) is 6.34. The van der Waals surface area contributed by atoms with Gasteiger partial charge in [0.25, 0.3) is 0 Å². The third kappa shape index (κ3) is 6.66. The second-order valence-electron chi connectivity index (χ2n) is 8.77. The highest BCUT2D eigenvalue weighted by molar-refractivity contribution is 5.31. The van der Waals surface area contributed by atoms with Crippen molar-refractivity contribution in [3.05, 3.63) is 76.9 Å². The zero-order valence-electron chi connectivity index (χ0n) is 19.0. The van der Waals surface area contributed by atoms with E-state index in [0.717, 1.165) is 19.3 Å². The van der Waals surface area contributed by atoms with E-state index in [9.17, 15) is 8.78 Å². The molecule has 0 aliphatic heterocycles. The van der Waals surface area contributed by atoms with E-state index in [1.54, 1.807) is 12.1 Å². The zero-order valence-corrected chi connectivity index (χ0v) is 19.0. The van der Waals surface area contributed by atoms with Crippen LogP contribution in [-0.4, -0.2) is 6.61 Å². The van der Waals surface area contributed by atoms with Crippen molar-refractivity contribution in [1.82, 2.24) is 0 Å². The van der Waals surface area contributed by atoms with Gasteiger partial charge in [0.2, 0.25) is 5.82 Å². The van der Waals surface area contributed by atoms with Gasteiger partial charge in [-0.15, -0.1) is 0 Å². The van der Waals surface area contributed by atoms with Gasteiger partial charge in [-0.1, -0.05) is 62.8 Å². The van der Waals surface area contributed by atoms with Gasteiger partial charge in [-0.3, -0.25) is 0 Å². The predicted molar refractivity (Wildman–Crippen MR) is 125 cm³/mol. The van der Waals surface area contributed by atoms with Gasteiger partial charge >= 0.3 is 0 Å². The minimum absolute atomic E-state index is 0.00963. The van der Waals surface area contributed by atoms with Crippen LogP contribution < -0.4 is 4.74 Å². The maximum Gasteiger partial charge on any atom is 0.200 e. The number of aryl methyl sites for hydroxylation is 2. The Balaban J connectivity index is 1.44. The van der Waals surface area contributed by atoms with Crippen LogP contribution in [0, 0.1) is 17.6 Å². The predicted octanol–water partition coefficient (Wildman–Crippen LogP) is 8.17. The van der Waals surface area contributed by atoms with E-state index >= 15 is 0 Å². The molecule has 1 aliphatic rings. The lowest BCUT2D eigenvalue weighted by Crippen LogP contribution is -2.11. The summed E-state index contributed by atoms with van der Waals surface area (Å²) in [5.41, 5.74) is 3.33. The fourth-order valence-electron chi connectivity index (χ4n) is 4.51. The van der Waals surface area contributed by atoms with Crippen molar-refractivity contribution >= 4 is 0 Å². The number of halogens is 2. The molecule has 0 heterocycles. The van der Waals surface area contributed by atoms with Gasteiger partial charge in [0.1, 0.15) is 0 Å². The summed E-state index contributed by atoms with van der Waals surface area (Å²) in [6, 6.07) is 12.4. The zero-order chi connectivity index (χ0) is 22.1. The molecule has 2 aromatic rings. The largest absolute Gasteiger partial charge is 0.490 e. The number of rotatable bonds is 10. The molecular formula is C28H36F2O. The highest BCUT2D eigenvalue weighted by atomic mass is 19.2. The Kier molecular flexibility index (Phi) is 9.12. The second-order valence-corrected chi connectivity index (χ2v) is 8.77. The summed E-state index contributed by atoms with van der Waals surface area (Å²) in [5, 5.41) is 0. The minimum Gasteiger partial charge on any atom is -0.490 e. The van der Waals surface area contributed by atoms with Gasteiger partial charge < -0.3 is 4.74 Å². The van der Waals surface area contributed by atoms with Crippen molar-refractivity contribution in [3.63, 3.8) is 0 Å². The number of benzene rings is 2. The Morgan fingerprint density at radius 1 is 0.871 bits per heavy atom. The molecule has 0 N–H and O–H groups in total. The van der Waals surface area contributed by atoms with Crippen LogP contribution in [0.5, 0.6) is 5.75 Å². The maximum atomic E-state index is 14.3. The first-order valence-corrected chi connectivity index (χ1v) is 12.0. The summed E-state index contributed by atoms with van der Waals surface area (Å²) in [6.07, 6.45) is 13.6. The number of hydrogen-bond donors (Lipinski definition) is 0. The topological polar surface area (TPSA) is 9.23 Å². The lowest BCUT2D eigenvalue weighted by atomic mass is 9.78. The van der Waals surface area contributed by atoms with E-state index in [1.165, 1.54) is 43.2 Å². The highest BCUT2D eigenvalue weighted by Gasteiger charge is 2.20. The van der Waals surface area contributed by atoms with E-state index in [1.807, 2.05) is 6.92 Å². The second kappa shape index (κ2) is 12.0. The molecule has 0 spiro atoms. The van der Waals surface area contributed by atoms with Crippen molar-refractivity contribution in [2.75, 3.05) is 6.61 Å². The average molecular weight is 427 g/mol.